The fourth-order valence-electron chi connectivity index (χ4n) is 1.28. The van der Waals surface area contributed by atoms with Gasteiger partial charge in [0.15, 0.2) is 0 Å². The molecule has 0 atom stereocenters. The van der Waals surface area contributed by atoms with E-state index in [1.807, 2.05) is 7.05 Å². The van der Waals surface area contributed by atoms with Crippen molar-refractivity contribution in [2.45, 2.75) is 6.42 Å². The standard InChI is InChI=1S/C10H24N2O3S/c1-12(7-4-10-16(3,13)14)8-5-11-6-9-15-2/h11H,4-10H2,1-3H3. The Hall–Kier alpha value is -0.170. The van der Waals surface area contributed by atoms with Crippen molar-refractivity contribution in [2.24, 2.45) is 0 Å². The van der Waals surface area contributed by atoms with E-state index in [-0.39, 0.29) is 5.75 Å². The fraction of sp³-hybridized carbons (Fsp3) is 1.00. The Morgan fingerprint density at radius 2 is 1.94 bits per heavy atom. The lowest BCUT2D eigenvalue weighted by Crippen LogP contribution is -2.32. The maximum Gasteiger partial charge on any atom is 0.147 e. The van der Waals surface area contributed by atoms with Crippen LogP contribution in [-0.4, -0.2) is 72.3 Å². The summed E-state index contributed by atoms with van der Waals surface area (Å²) in [5.74, 6) is 0.272. The predicted octanol–water partition coefficient (Wildman–Crippen LogP) is -0.411. The summed E-state index contributed by atoms with van der Waals surface area (Å²) in [5, 5.41) is 3.24. The van der Waals surface area contributed by atoms with Gasteiger partial charge in [0.25, 0.3) is 0 Å². The molecule has 1 N–H and O–H groups in total. The highest BCUT2D eigenvalue weighted by atomic mass is 32.2. The highest BCUT2D eigenvalue weighted by Gasteiger charge is 2.03. The number of hydrogen-bond donors (Lipinski definition) is 1. The third-order valence-electron chi connectivity index (χ3n) is 2.21. The number of methoxy groups -OCH3 is 1. The largest absolute Gasteiger partial charge is 0.383 e. The van der Waals surface area contributed by atoms with Gasteiger partial charge in [0.1, 0.15) is 9.84 Å². The van der Waals surface area contributed by atoms with Crippen LogP contribution in [0, 0.1) is 0 Å². The molecule has 98 valence electrons. The summed E-state index contributed by atoms with van der Waals surface area (Å²) >= 11 is 0. The number of nitrogens with one attached hydrogen (secondary N) is 1. The number of nitrogens with zero attached hydrogens (tertiary/aromatic N) is 1. The van der Waals surface area contributed by atoms with E-state index in [1.165, 1.54) is 6.26 Å². The second-order valence-corrected chi connectivity index (χ2v) is 6.29. The van der Waals surface area contributed by atoms with Crippen LogP contribution >= 0.6 is 0 Å². The summed E-state index contributed by atoms with van der Waals surface area (Å²) in [5.41, 5.74) is 0. The van der Waals surface area contributed by atoms with E-state index in [0.717, 1.165) is 32.8 Å². The van der Waals surface area contributed by atoms with Crippen molar-refractivity contribution in [1.29, 1.82) is 0 Å². The van der Waals surface area contributed by atoms with Crippen LogP contribution < -0.4 is 5.32 Å². The van der Waals surface area contributed by atoms with Crippen molar-refractivity contribution in [2.75, 3.05) is 59.0 Å². The molecule has 0 aromatic carbocycles. The van der Waals surface area contributed by atoms with Gasteiger partial charge in [0.2, 0.25) is 0 Å². The third kappa shape index (κ3) is 11.9. The van der Waals surface area contributed by atoms with Gasteiger partial charge < -0.3 is 15.0 Å². The molecule has 0 heterocycles. The first-order chi connectivity index (χ1) is 7.45. The van der Waals surface area contributed by atoms with E-state index in [1.54, 1.807) is 7.11 Å². The minimum absolute atomic E-state index is 0.272. The van der Waals surface area contributed by atoms with E-state index in [4.69, 9.17) is 4.74 Å². The fourth-order valence-corrected chi connectivity index (χ4v) is 1.93. The Kier molecular flexibility index (Phi) is 8.83. The van der Waals surface area contributed by atoms with Crippen LogP contribution in [0.2, 0.25) is 0 Å². The number of hydrogen-bond acceptors (Lipinski definition) is 5. The smallest absolute Gasteiger partial charge is 0.147 e. The van der Waals surface area contributed by atoms with Crippen LogP contribution in [0.15, 0.2) is 0 Å². The van der Waals surface area contributed by atoms with E-state index in [0.29, 0.717) is 6.42 Å². The first-order valence-corrected chi connectivity index (χ1v) is 7.57. The molecule has 5 nitrogen and oxygen atoms in total. The van der Waals surface area contributed by atoms with Gasteiger partial charge in [-0.05, 0) is 20.0 Å². The van der Waals surface area contributed by atoms with Crippen molar-refractivity contribution in [3.8, 4) is 0 Å². The SMILES string of the molecule is COCCNCCN(C)CCCS(C)(=O)=O. The molecule has 0 aliphatic rings. The highest BCUT2D eigenvalue weighted by molar-refractivity contribution is 7.90. The molecular weight excluding hydrogens is 228 g/mol. The molecule has 0 spiro atoms. The normalized spacial score (nSPS) is 12.2. The van der Waals surface area contributed by atoms with Gasteiger partial charge >= 0.3 is 0 Å². The molecule has 0 aromatic rings. The van der Waals surface area contributed by atoms with Gasteiger partial charge in [-0.2, -0.15) is 0 Å². The lowest BCUT2D eigenvalue weighted by Gasteiger charge is -2.16. The maximum absolute atomic E-state index is 10.9. The van der Waals surface area contributed by atoms with Gasteiger partial charge in [-0.1, -0.05) is 0 Å². The summed E-state index contributed by atoms with van der Waals surface area (Å²) in [7, 11) is 0.869. The summed E-state index contributed by atoms with van der Waals surface area (Å²) in [6.07, 6.45) is 1.98. The van der Waals surface area contributed by atoms with Crippen LogP contribution in [0.25, 0.3) is 0 Å². The third-order valence-corrected chi connectivity index (χ3v) is 3.24. The Morgan fingerprint density at radius 1 is 1.25 bits per heavy atom. The van der Waals surface area contributed by atoms with Crippen molar-refractivity contribution in [3.05, 3.63) is 0 Å². The van der Waals surface area contributed by atoms with Gasteiger partial charge in [0.05, 0.1) is 12.4 Å². The molecule has 0 aliphatic heterocycles. The molecule has 6 heteroatoms. The van der Waals surface area contributed by atoms with Crippen LogP contribution in [-0.2, 0) is 14.6 Å². The highest BCUT2D eigenvalue weighted by Crippen LogP contribution is 1.91. The number of ether oxygens (including phenoxy) is 1. The quantitative estimate of drug-likeness (QED) is 0.536. The lowest BCUT2D eigenvalue weighted by molar-refractivity contribution is 0.198. The summed E-state index contributed by atoms with van der Waals surface area (Å²) in [6, 6.07) is 0. The molecule has 16 heavy (non-hydrogen) atoms. The topological polar surface area (TPSA) is 58.6 Å². The summed E-state index contributed by atoms with van der Waals surface area (Å²) in [6.45, 7) is 4.22. The van der Waals surface area contributed by atoms with E-state index in [2.05, 4.69) is 10.2 Å². The first kappa shape index (κ1) is 15.8. The van der Waals surface area contributed by atoms with E-state index < -0.39 is 9.84 Å². The maximum atomic E-state index is 10.9. The van der Waals surface area contributed by atoms with Gasteiger partial charge in [0, 0.05) is 33.0 Å². The monoisotopic (exact) mass is 252 g/mol. The number of likely N-dealkylation sites (N-methyl/N-ethyl adjacent to an activating group) is 1. The zero-order valence-corrected chi connectivity index (χ0v) is 11.3. The minimum atomic E-state index is -2.81. The number of rotatable bonds is 10. The summed E-state index contributed by atoms with van der Waals surface area (Å²) < 4.78 is 26.7. The molecule has 0 rings (SSSR count). The first-order valence-electron chi connectivity index (χ1n) is 5.51. The Labute approximate surface area is 99.1 Å². The molecule has 0 unspecified atom stereocenters. The molecule has 0 amide bonds. The number of sulfone groups is 1. The lowest BCUT2D eigenvalue weighted by atomic mass is 10.4. The predicted molar refractivity (Wildman–Crippen MR) is 66.6 cm³/mol. The van der Waals surface area contributed by atoms with Gasteiger partial charge in [-0.25, -0.2) is 8.42 Å². The molecule has 0 aromatic heterocycles. The van der Waals surface area contributed by atoms with Gasteiger partial charge in [-0.15, -0.1) is 0 Å². The minimum Gasteiger partial charge on any atom is -0.383 e. The van der Waals surface area contributed by atoms with E-state index >= 15 is 0 Å². The van der Waals surface area contributed by atoms with Crippen molar-refractivity contribution in [3.63, 3.8) is 0 Å². The molecule has 0 bridgehead atoms. The van der Waals surface area contributed by atoms with Crippen molar-refractivity contribution < 1.29 is 13.2 Å². The molecule has 0 radical (unpaired) electrons. The van der Waals surface area contributed by atoms with Crippen LogP contribution in [0.1, 0.15) is 6.42 Å². The Morgan fingerprint density at radius 3 is 2.50 bits per heavy atom. The molecule has 0 saturated heterocycles. The molecule has 0 saturated carbocycles. The average Bonchev–Trinajstić information content (AvgIpc) is 2.15. The van der Waals surface area contributed by atoms with Crippen molar-refractivity contribution in [1.82, 2.24) is 10.2 Å². The van der Waals surface area contributed by atoms with Crippen LogP contribution in [0.3, 0.4) is 0 Å². The van der Waals surface area contributed by atoms with Crippen LogP contribution in [0.5, 0.6) is 0 Å². The second kappa shape index (κ2) is 8.92. The molecule has 0 fully saturated rings. The molecular formula is C10H24N2O3S. The average molecular weight is 252 g/mol. The van der Waals surface area contributed by atoms with Crippen molar-refractivity contribution >= 4 is 9.84 Å². The van der Waals surface area contributed by atoms with E-state index in [9.17, 15) is 8.42 Å². The molecule has 0 aliphatic carbocycles. The second-order valence-electron chi connectivity index (χ2n) is 4.03. The zero-order valence-electron chi connectivity index (χ0n) is 10.5. The van der Waals surface area contributed by atoms with Gasteiger partial charge in [-0.3, -0.25) is 0 Å². The summed E-state index contributed by atoms with van der Waals surface area (Å²) in [4.78, 5) is 2.13. The zero-order chi connectivity index (χ0) is 12.4. The Balaban J connectivity index is 3.34. The van der Waals surface area contributed by atoms with Crippen LogP contribution in [0.4, 0.5) is 0 Å². The Bertz CT molecular complexity index is 255.